The molecule has 1 saturated carbocycles. The van der Waals surface area contributed by atoms with Gasteiger partial charge in [0.25, 0.3) is 0 Å². The number of nitrogens with zero attached hydrogens (tertiary/aromatic N) is 2. The van der Waals surface area contributed by atoms with Crippen molar-refractivity contribution in [3.8, 4) is 5.75 Å². The van der Waals surface area contributed by atoms with E-state index in [1.807, 2.05) is 32.9 Å². The highest BCUT2D eigenvalue weighted by Gasteiger charge is 2.26. The van der Waals surface area contributed by atoms with Crippen molar-refractivity contribution in [2.45, 2.75) is 64.1 Å². The average molecular weight is 424 g/mol. The number of halogens is 1. The Morgan fingerprint density at radius 3 is 2.58 bits per heavy atom. The van der Waals surface area contributed by atoms with Crippen LogP contribution in [0.2, 0.25) is 0 Å². The molecule has 0 spiro atoms. The van der Waals surface area contributed by atoms with Crippen LogP contribution in [0, 0.1) is 0 Å². The number of nitrogens with one attached hydrogen (secondary N) is 1. The number of hydrogen-bond acceptors (Lipinski definition) is 4. The molecule has 7 heteroatoms. The third kappa shape index (κ3) is 4.50. The SMILES string of the molecule is COc1cc2nn([C@H]3CC[C@H](NC(=O)OC(C)(C)C)CC3)cc2cc1Br. The highest BCUT2D eigenvalue weighted by molar-refractivity contribution is 9.10. The summed E-state index contributed by atoms with van der Waals surface area (Å²) in [7, 11) is 1.65. The topological polar surface area (TPSA) is 65.4 Å². The fraction of sp³-hybridized carbons (Fsp3) is 0.579. The second kappa shape index (κ2) is 7.47. The highest BCUT2D eigenvalue weighted by atomic mass is 79.9. The Hall–Kier alpha value is -1.76. The fourth-order valence-electron chi connectivity index (χ4n) is 3.35. The number of amides is 1. The van der Waals surface area contributed by atoms with E-state index >= 15 is 0 Å². The lowest BCUT2D eigenvalue weighted by Crippen LogP contribution is -2.41. The summed E-state index contributed by atoms with van der Waals surface area (Å²) in [4.78, 5) is 11.9. The lowest BCUT2D eigenvalue weighted by Gasteiger charge is -2.30. The maximum absolute atomic E-state index is 11.9. The number of fused-ring (bicyclic) bond motifs is 1. The summed E-state index contributed by atoms with van der Waals surface area (Å²) in [5.41, 5.74) is 0.463. The van der Waals surface area contributed by atoms with Crippen LogP contribution in [0.15, 0.2) is 22.8 Å². The van der Waals surface area contributed by atoms with E-state index in [1.165, 1.54) is 0 Å². The van der Waals surface area contributed by atoms with Crippen molar-refractivity contribution in [2.24, 2.45) is 0 Å². The van der Waals surface area contributed by atoms with E-state index < -0.39 is 5.60 Å². The van der Waals surface area contributed by atoms with Crippen molar-refractivity contribution in [3.05, 3.63) is 22.8 Å². The van der Waals surface area contributed by atoms with E-state index in [0.29, 0.717) is 6.04 Å². The molecule has 1 aromatic heterocycles. The molecule has 0 atom stereocenters. The maximum Gasteiger partial charge on any atom is 0.407 e. The molecule has 0 aliphatic heterocycles. The first kappa shape index (κ1) is 19.0. The number of alkyl carbamates (subject to hydrolysis) is 1. The molecule has 3 rings (SSSR count). The van der Waals surface area contributed by atoms with Crippen LogP contribution >= 0.6 is 15.9 Å². The first-order valence-electron chi connectivity index (χ1n) is 8.97. The minimum absolute atomic E-state index is 0.167. The first-order valence-corrected chi connectivity index (χ1v) is 9.76. The van der Waals surface area contributed by atoms with E-state index in [-0.39, 0.29) is 12.1 Å². The van der Waals surface area contributed by atoms with Crippen LogP contribution in [0.25, 0.3) is 10.9 Å². The van der Waals surface area contributed by atoms with E-state index in [2.05, 4.69) is 32.1 Å². The van der Waals surface area contributed by atoms with E-state index in [1.54, 1.807) is 7.11 Å². The molecule has 0 bridgehead atoms. The Balaban J connectivity index is 1.61. The number of hydrogen-bond donors (Lipinski definition) is 1. The lowest BCUT2D eigenvalue weighted by atomic mass is 9.91. The van der Waals surface area contributed by atoms with Gasteiger partial charge in [0, 0.05) is 23.7 Å². The molecule has 0 saturated heterocycles. The van der Waals surface area contributed by atoms with Crippen LogP contribution < -0.4 is 10.1 Å². The third-order valence-electron chi connectivity index (χ3n) is 4.59. The molecule has 1 fully saturated rings. The molecule has 0 unspecified atom stereocenters. The Morgan fingerprint density at radius 2 is 1.96 bits per heavy atom. The lowest BCUT2D eigenvalue weighted by molar-refractivity contribution is 0.0487. The maximum atomic E-state index is 11.9. The van der Waals surface area contributed by atoms with Gasteiger partial charge in [-0.15, -0.1) is 0 Å². The van der Waals surface area contributed by atoms with Gasteiger partial charge in [-0.25, -0.2) is 4.79 Å². The molecule has 142 valence electrons. The monoisotopic (exact) mass is 423 g/mol. The highest BCUT2D eigenvalue weighted by Crippen LogP contribution is 2.33. The molecule has 1 N–H and O–H groups in total. The third-order valence-corrected chi connectivity index (χ3v) is 5.21. The van der Waals surface area contributed by atoms with Gasteiger partial charge in [-0.3, -0.25) is 4.68 Å². The van der Waals surface area contributed by atoms with Crippen molar-refractivity contribution < 1.29 is 14.3 Å². The predicted molar refractivity (Wildman–Crippen MR) is 105 cm³/mol. The summed E-state index contributed by atoms with van der Waals surface area (Å²) in [6.07, 6.45) is 5.56. The number of rotatable bonds is 3. The number of carbonyl (C=O) groups is 1. The van der Waals surface area contributed by atoms with Crippen LogP contribution in [0.3, 0.4) is 0 Å². The van der Waals surface area contributed by atoms with Gasteiger partial charge in [-0.05, 0) is 68.5 Å². The van der Waals surface area contributed by atoms with Gasteiger partial charge in [0.15, 0.2) is 0 Å². The van der Waals surface area contributed by atoms with Gasteiger partial charge >= 0.3 is 6.09 Å². The number of aromatic nitrogens is 2. The van der Waals surface area contributed by atoms with E-state index in [4.69, 9.17) is 14.6 Å². The first-order chi connectivity index (χ1) is 12.2. The summed E-state index contributed by atoms with van der Waals surface area (Å²) in [5.74, 6) is 0.785. The smallest absolute Gasteiger partial charge is 0.407 e. The predicted octanol–water partition coefficient (Wildman–Crippen LogP) is 4.82. The van der Waals surface area contributed by atoms with Crippen LogP contribution in [0.1, 0.15) is 52.5 Å². The van der Waals surface area contributed by atoms with Gasteiger partial charge in [0.05, 0.1) is 23.1 Å². The van der Waals surface area contributed by atoms with Gasteiger partial charge < -0.3 is 14.8 Å². The quantitative estimate of drug-likeness (QED) is 0.768. The molecule has 1 aliphatic rings. The molecule has 26 heavy (non-hydrogen) atoms. The minimum Gasteiger partial charge on any atom is -0.495 e. The minimum atomic E-state index is -0.466. The number of carbonyl (C=O) groups excluding carboxylic acids is 1. The fourth-order valence-corrected chi connectivity index (χ4v) is 3.87. The second-order valence-electron chi connectivity index (χ2n) is 7.81. The van der Waals surface area contributed by atoms with Crippen LogP contribution in [-0.2, 0) is 4.74 Å². The average Bonchev–Trinajstić information content (AvgIpc) is 2.95. The summed E-state index contributed by atoms with van der Waals surface area (Å²) in [6.45, 7) is 5.62. The van der Waals surface area contributed by atoms with E-state index in [9.17, 15) is 4.79 Å². The van der Waals surface area contributed by atoms with Crippen molar-refractivity contribution in [3.63, 3.8) is 0 Å². The molecule has 1 aliphatic carbocycles. The molecular formula is C19H26BrN3O3. The summed E-state index contributed by atoms with van der Waals surface area (Å²) < 4.78 is 13.7. The Morgan fingerprint density at radius 1 is 1.27 bits per heavy atom. The number of ether oxygens (including phenoxy) is 2. The molecule has 1 heterocycles. The molecular weight excluding hydrogens is 398 g/mol. The normalized spacial score (nSPS) is 20.8. The standard InChI is InChI=1S/C19H26BrN3O3/c1-19(2,3)26-18(24)21-13-5-7-14(8-6-13)23-11-12-9-15(20)17(25-4)10-16(12)22-23/h9-11,13-14H,5-8H2,1-4H3,(H,21,24)/t13-,14-. The number of methoxy groups -OCH3 is 1. The van der Waals surface area contributed by atoms with Crippen molar-refractivity contribution >= 4 is 32.9 Å². The second-order valence-corrected chi connectivity index (χ2v) is 8.66. The largest absolute Gasteiger partial charge is 0.495 e. The summed E-state index contributed by atoms with van der Waals surface area (Å²) >= 11 is 3.52. The molecule has 6 nitrogen and oxygen atoms in total. The van der Waals surface area contributed by atoms with Crippen molar-refractivity contribution in [1.29, 1.82) is 0 Å². The van der Waals surface area contributed by atoms with Gasteiger partial charge in [0.1, 0.15) is 11.4 Å². The van der Waals surface area contributed by atoms with Crippen molar-refractivity contribution in [2.75, 3.05) is 7.11 Å². The zero-order chi connectivity index (χ0) is 18.9. The van der Waals surface area contributed by atoms with Crippen LogP contribution in [0.5, 0.6) is 5.75 Å². The Kier molecular flexibility index (Phi) is 5.46. The zero-order valence-electron chi connectivity index (χ0n) is 15.7. The van der Waals surface area contributed by atoms with Gasteiger partial charge in [-0.1, -0.05) is 0 Å². The molecule has 1 amide bonds. The Bertz CT molecular complexity index is 789. The molecule has 2 aromatic rings. The Labute approximate surface area is 162 Å². The summed E-state index contributed by atoms with van der Waals surface area (Å²) in [6, 6.07) is 4.50. The van der Waals surface area contributed by atoms with Gasteiger partial charge in [0.2, 0.25) is 0 Å². The number of benzene rings is 1. The summed E-state index contributed by atoms with van der Waals surface area (Å²) in [5, 5.41) is 8.80. The van der Waals surface area contributed by atoms with Crippen LogP contribution in [-0.4, -0.2) is 34.6 Å². The van der Waals surface area contributed by atoms with E-state index in [0.717, 1.165) is 46.8 Å². The molecule has 1 aromatic carbocycles. The zero-order valence-corrected chi connectivity index (χ0v) is 17.3. The van der Waals surface area contributed by atoms with Crippen molar-refractivity contribution in [1.82, 2.24) is 15.1 Å². The van der Waals surface area contributed by atoms with Gasteiger partial charge in [-0.2, -0.15) is 5.10 Å². The van der Waals surface area contributed by atoms with Crippen LogP contribution in [0.4, 0.5) is 4.79 Å². The molecule has 0 radical (unpaired) electrons.